The number of aliphatic hydroxyl groups excluding tert-OH is 1. The number of benzene rings is 1. The first-order valence-electron chi connectivity index (χ1n) is 6.15. The zero-order chi connectivity index (χ0) is 13.5. The van der Waals surface area contributed by atoms with Crippen molar-refractivity contribution in [2.24, 2.45) is 0 Å². The molecule has 0 bridgehead atoms. The Kier molecular flexibility index (Phi) is 5.58. The minimum atomic E-state index is -0.786. The molecule has 18 heavy (non-hydrogen) atoms. The maximum absolute atomic E-state index is 10.7. The third-order valence-corrected chi connectivity index (χ3v) is 2.66. The van der Waals surface area contributed by atoms with E-state index in [0.717, 1.165) is 19.3 Å². The highest BCUT2D eigenvalue weighted by Crippen LogP contribution is 2.29. The molecule has 5 nitrogen and oxygen atoms in total. The molecule has 0 heterocycles. The standard InChI is InChI=1S/C13H19NO4/c1-3-4-5-8-18-13-7-6-11(14(16)17)9-12(13)10(2)15/h6-7,9-10,15H,3-5,8H2,1-2H3. The SMILES string of the molecule is CCCCCOc1ccc([N+](=O)[O-])cc1C(C)O. The van der Waals surface area contributed by atoms with Crippen molar-refractivity contribution in [2.75, 3.05) is 6.61 Å². The zero-order valence-electron chi connectivity index (χ0n) is 10.8. The molecular weight excluding hydrogens is 234 g/mol. The van der Waals surface area contributed by atoms with Crippen molar-refractivity contribution in [3.8, 4) is 5.75 Å². The predicted octanol–water partition coefficient (Wildman–Crippen LogP) is 3.22. The summed E-state index contributed by atoms with van der Waals surface area (Å²) in [5.74, 6) is 0.520. The molecule has 0 aliphatic carbocycles. The Bertz CT molecular complexity index is 404. The summed E-state index contributed by atoms with van der Waals surface area (Å²) in [4.78, 5) is 10.2. The molecule has 0 aliphatic rings. The lowest BCUT2D eigenvalue weighted by molar-refractivity contribution is -0.385. The maximum atomic E-state index is 10.7. The van der Waals surface area contributed by atoms with Gasteiger partial charge in [-0.05, 0) is 19.4 Å². The lowest BCUT2D eigenvalue weighted by atomic mass is 10.1. The van der Waals surface area contributed by atoms with Crippen LogP contribution in [0, 0.1) is 10.1 Å². The largest absolute Gasteiger partial charge is 0.493 e. The van der Waals surface area contributed by atoms with E-state index in [9.17, 15) is 15.2 Å². The molecule has 0 radical (unpaired) electrons. The first-order chi connectivity index (χ1) is 8.56. The van der Waals surface area contributed by atoms with Crippen molar-refractivity contribution >= 4 is 5.69 Å². The van der Waals surface area contributed by atoms with Crippen LogP contribution in [0.25, 0.3) is 0 Å². The monoisotopic (exact) mass is 253 g/mol. The number of unbranched alkanes of at least 4 members (excludes halogenated alkanes) is 2. The van der Waals surface area contributed by atoms with Gasteiger partial charge in [-0.2, -0.15) is 0 Å². The molecule has 1 unspecified atom stereocenters. The molecule has 0 spiro atoms. The van der Waals surface area contributed by atoms with E-state index in [4.69, 9.17) is 4.74 Å². The number of ether oxygens (including phenoxy) is 1. The zero-order valence-corrected chi connectivity index (χ0v) is 10.8. The predicted molar refractivity (Wildman–Crippen MR) is 68.8 cm³/mol. The lowest BCUT2D eigenvalue weighted by Gasteiger charge is -2.13. The minimum absolute atomic E-state index is 0.0354. The number of non-ortho nitro benzene ring substituents is 1. The van der Waals surface area contributed by atoms with Gasteiger partial charge in [0.2, 0.25) is 0 Å². The van der Waals surface area contributed by atoms with E-state index in [2.05, 4.69) is 6.92 Å². The highest BCUT2D eigenvalue weighted by molar-refractivity contribution is 5.44. The summed E-state index contributed by atoms with van der Waals surface area (Å²) < 4.78 is 5.55. The van der Waals surface area contributed by atoms with Gasteiger partial charge in [-0.15, -0.1) is 0 Å². The van der Waals surface area contributed by atoms with Crippen LogP contribution in [-0.2, 0) is 0 Å². The summed E-state index contributed by atoms with van der Waals surface area (Å²) in [7, 11) is 0. The van der Waals surface area contributed by atoms with E-state index in [1.807, 2.05) is 0 Å². The van der Waals surface area contributed by atoms with Crippen molar-refractivity contribution in [2.45, 2.75) is 39.2 Å². The molecule has 5 heteroatoms. The van der Waals surface area contributed by atoms with Crippen LogP contribution in [0.1, 0.15) is 44.8 Å². The Balaban J connectivity index is 2.80. The van der Waals surface area contributed by atoms with Gasteiger partial charge in [0.05, 0.1) is 17.6 Å². The molecule has 100 valence electrons. The number of aliphatic hydroxyl groups is 1. The number of nitrogens with zero attached hydrogens (tertiary/aromatic N) is 1. The molecular formula is C13H19NO4. The molecule has 0 fully saturated rings. The minimum Gasteiger partial charge on any atom is -0.493 e. The van der Waals surface area contributed by atoms with Crippen molar-refractivity contribution in [1.29, 1.82) is 0 Å². The number of hydrogen-bond donors (Lipinski definition) is 1. The van der Waals surface area contributed by atoms with Crippen LogP contribution < -0.4 is 4.74 Å². The van der Waals surface area contributed by atoms with Crippen LogP contribution in [0.4, 0.5) is 5.69 Å². The number of nitro benzene ring substituents is 1. The Morgan fingerprint density at radius 2 is 2.17 bits per heavy atom. The fourth-order valence-corrected chi connectivity index (χ4v) is 1.64. The van der Waals surface area contributed by atoms with E-state index in [0.29, 0.717) is 17.9 Å². The normalized spacial score (nSPS) is 12.2. The van der Waals surface area contributed by atoms with E-state index >= 15 is 0 Å². The fraction of sp³-hybridized carbons (Fsp3) is 0.538. The molecule has 1 aromatic carbocycles. The van der Waals surface area contributed by atoms with Gasteiger partial charge in [0, 0.05) is 17.7 Å². The average Bonchev–Trinajstić information content (AvgIpc) is 2.34. The molecule has 1 aromatic rings. The Morgan fingerprint density at radius 1 is 1.44 bits per heavy atom. The molecule has 1 rings (SSSR count). The van der Waals surface area contributed by atoms with Gasteiger partial charge < -0.3 is 9.84 Å². The van der Waals surface area contributed by atoms with Gasteiger partial charge in [-0.3, -0.25) is 10.1 Å². The Labute approximate surface area is 107 Å². The second kappa shape index (κ2) is 6.96. The van der Waals surface area contributed by atoms with E-state index in [1.165, 1.54) is 12.1 Å². The third-order valence-electron chi connectivity index (χ3n) is 2.66. The van der Waals surface area contributed by atoms with E-state index in [-0.39, 0.29) is 5.69 Å². The second-order valence-electron chi connectivity index (χ2n) is 4.21. The summed E-state index contributed by atoms with van der Waals surface area (Å²) in [6.45, 7) is 4.23. The van der Waals surface area contributed by atoms with Crippen molar-refractivity contribution in [3.63, 3.8) is 0 Å². The Morgan fingerprint density at radius 3 is 2.72 bits per heavy atom. The molecule has 0 saturated carbocycles. The molecule has 1 N–H and O–H groups in total. The second-order valence-corrected chi connectivity index (χ2v) is 4.21. The Hall–Kier alpha value is -1.62. The average molecular weight is 253 g/mol. The van der Waals surface area contributed by atoms with Gasteiger partial charge in [0.15, 0.2) is 0 Å². The van der Waals surface area contributed by atoms with Gasteiger partial charge in [0.25, 0.3) is 5.69 Å². The summed E-state index contributed by atoms with van der Waals surface area (Å²) in [6, 6.07) is 4.30. The summed E-state index contributed by atoms with van der Waals surface area (Å²) in [5, 5.41) is 20.3. The molecule has 1 atom stereocenters. The lowest BCUT2D eigenvalue weighted by Crippen LogP contribution is -2.03. The van der Waals surface area contributed by atoms with E-state index in [1.54, 1.807) is 13.0 Å². The van der Waals surface area contributed by atoms with Crippen molar-refractivity contribution < 1.29 is 14.8 Å². The smallest absolute Gasteiger partial charge is 0.270 e. The van der Waals surface area contributed by atoms with Gasteiger partial charge in [-0.1, -0.05) is 19.8 Å². The van der Waals surface area contributed by atoms with E-state index < -0.39 is 11.0 Å². The van der Waals surface area contributed by atoms with Crippen LogP contribution in [0.2, 0.25) is 0 Å². The summed E-state index contributed by atoms with van der Waals surface area (Å²) >= 11 is 0. The van der Waals surface area contributed by atoms with Crippen LogP contribution >= 0.6 is 0 Å². The maximum Gasteiger partial charge on any atom is 0.270 e. The van der Waals surface area contributed by atoms with Crippen LogP contribution in [-0.4, -0.2) is 16.6 Å². The molecule has 0 saturated heterocycles. The highest BCUT2D eigenvalue weighted by Gasteiger charge is 2.15. The topological polar surface area (TPSA) is 72.6 Å². The number of rotatable bonds is 7. The van der Waals surface area contributed by atoms with Gasteiger partial charge >= 0.3 is 0 Å². The van der Waals surface area contributed by atoms with Crippen molar-refractivity contribution in [1.82, 2.24) is 0 Å². The summed E-state index contributed by atoms with van der Waals surface area (Å²) in [6.07, 6.45) is 2.34. The third kappa shape index (κ3) is 4.00. The summed E-state index contributed by atoms with van der Waals surface area (Å²) in [5.41, 5.74) is 0.424. The van der Waals surface area contributed by atoms with Crippen LogP contribution in [0.15, 0.2) is 18.2 Å². The molecule has 0 aromatic heterocycles. The fourth-order valence-electron chi connectivity index (χ4n) is 1.64. The van der Waals surface area contributed by atoms with Crippen LogP contribution in [0.5, 0.6) is 5.75 Å². The van der Waals surface area contributed by atoms with Gasteiger partial charge in [-0.25, -0.2) is 0 Å². The number of hydrogen-bond acceptors (Lipinski definition) is 4. The quantitative estimate of drug-likeness (QED) is 0.460. The highest BCUT2D eigenvalue weighted by atomic mass is 16.6. The first-order valence-corrected chi connectivity index (χ1v) is 6.15. The first kappa shape index (κ1) is 14.4. The van der Waals surface area contributed by atoms with Gasteiger partial charge in [0.1, 0.15) is 5.75 Å². The number of nitro groups is 1. The molecule has 0 amide bonds. The van der Waals surface area contributed by atoms with Crippen molar-refractivity contribution in [3.05, 3.63) is 33.9 Å². The molecule has 0 aliphatic heterocycles. The van der Waals surface area contributed by atoms with Crippen LogP contribution in [0.3, 0.4) is 0 Å².